The molecule has 0 fully saturated rings. The maximum Gasteiger partial charge on any atom is 0.330 e. The molecule has 0 aliphatic heterocycles. The van der Waals surface area contributed by atoms with Crippen molar-refractivity contribution in [2.45, 2.75) is 46.1 Å². The molecule has 3 rings (SSSR count). The summed E-state index contributed by atoms with van der Waals surface area (Å²) in [4.78, 5) is 41.5. The van der Waals surface area contributed by atoms with Gasteiger partial charge in [-0.05, 0) is 25.0 Å². The molecule has 0 radical (unpaired) electrons. The minimum absolute atomic E-state index is 0.00398. The molecule has 29 heavy (non-hydrogen) atoms. The van der Waals surface area contributed by atoms with Gasteiger partial charge in [-0.25, -0.2) is 4.79 Å². The molecule has 0 aliphatic rings. The SMILES string of the molecule is CCCCN(C(=O)Cc1noc2ccccc12)c1c(N)n(CCC)c(=O)[nH]c1=O. The van der Waals surface area contributed by atoms with Crippen LogP contribution >= 0.6 is 0 Å². The second-order valence-electron chi connectivity index (χ2n) is 6.85. The fourth-order valence-corrected chi connectivity index (χ4v) is 3.27. The van der Waals surface area contributed by atoms with Gasteiger partial charge in [0.1, 0.15) is 11.5 Å². The van der Waals surface area contributed by atoms with Gasteiger partial charge >= 0.3 is 5.69 Å². The average molecular weight is 399 g/mol. The zero-order chi connectivity index (χ0) is 21.0. The normalized spacial score (nSPS) is 11.1. The highest BCUT2D eigenvalue weighted by molar-refractivity contribution is 5.98. The molecule has 0 unspecified atom stereocenters. The molecule has 0 aliphatic carbocycles. The van der Waals surface area contributed by atoms with Crippen molar-refractivity contribution in [2.24, 2.45) is 0 Å². The van der Waals surface area contributed by atoms with Crippen molar-refractivity contribution in [1.82, 2.24) is 14.7 Å². The van der Waals surface area contributed by atoms with Crippen molar-refractivity contribution >= 4 is 28.4 Å². The number of nitrogens with zero attached hydrogens (tertiary/aromatic N) is 3. The second-order valence-corrected chi connectivity index (χ2v) is 6.85. The molecule has 2 heterocycles. The van der Waals surface area contributed by atoms with Crippen LogP contribution in [0, 0.1) is 0 Å². The zero-order valence-corrected chi connectivity index (χ0v) is 16.6. The Labute approximate surface area is 167 Å². The van der Waals surface area contributed by atoms with Crippen LogP contribution in [-0.4, -0.2) is 27.2 Å². The Morgan fingerprint density at radius 1 is 1.24 bits per heavy atom. The van der Waals surface area contributed by atoms with Gasteiger partial charge in [0.15, 0.2) is 11.3 Å². The molecule has 9 nitrogen and oxygen atoms in total. The van der Waals surface area contributed by atoms with E-state index in [2.05, 4.69) is 10.1 Å². The summed E-state index contributed by atoms with van der Waals surface area (Å²) in [5.74, 6) is -0.341. The Bertz CT molecular complexity index is 1130. The first kappa shape index (κ1) is 20.4. The minimum Gasteiger partial charge on any atom is -0.383 e. The molecular formula is C20H25N5O4. The van der Waals surface area contributed by atoms with Gasteiger partial charge in [0.05, 0.1) is 6.42 Å². The maximum atomic E-state index is 13.2. The third kappa shape index (κ3) is 4.08. The molecule has 2 aromatic heterocycles. The topological polar surface area (TPSA) is 127 Å². The highest BCUT2D eigenvalue weighted by atomic mass is 16.5. The van der Waals surface area contributed by atoms with E-state index in [0.29, 0.717) is 37.2 Å². The summed E-state index contributed by atoms with van der Waals surface area (Å²) in [5.41, 5.74) is 5.99. The van der Waals surface area contributed by atoms with Crippen LogP contribution in [0.4, 0.5) is 11.5 Å². The van der Waals surface area contributed by atoms with E-state index in [1.54, 1.807) is 6.07 Å². The van der Waals surface area contributed by atoms with E-state index in [0.717, 1.165) is 11.8 Å². The van der Waals surface area contributed by atoms with Crippen LogP contribution in [0.5, 0.6) is 0 Å². The van der Waals surface area contributed by atoms with E-state index >= 15 is 0 Å². The number of anilines is 2. The molecule has 3 N–H and O–H groups in total. The Kier molecular flexibility index (Phi) is 6.16. The number of hydrogen-bond donors (Lipinski definition) is 2. The van der Waals surface area contributed by atoms with Gasteiger partial charge in [0.2, 0.25) is 5.91 Å². The van der Waals surface area contributed by atoms with E-state index in [4.69, 9.17) is 10.3 Å². The largest absolute Gasteiger partial charge is 0.383 e. The molecule has 9 heteroatoms. The number of hydrogen-bond acceptors (Lipinski definition) is 6. The van der Waals surface area contributed by atoms with Gasteiger partial charge in [-0.15, -0.1) is 0 Å². The lowest BCUT2D eigenvalue weighted by atomic mass is 10.1. The van der Waals surface area contributed by atoms with Crippen LogP contribution in [0.15, 0.2) is 38.4 Å². The number of aromatic nitrogens is 3. The first-order chi connectivity index (χ1) is 14.0. The Morgan fingerprint density at radius 2 is 2.00 bits per heavy atom. The minimum atomic E-state index is -0.672. The monoisotopic (exact) mass is 399 g/mol. The number of nitrogens with one attached hydrogen (secondary N) is 1. The third-order valence-corrected chi connectivity index (χ3v) is 4.74. The number of carbonyl (C=O) groups excluding carboxylic acids is 1. The van der Waals surface area contributed by atoms with Gasteiger partial charge in [0.25, 0.3) is 5.56 Å². The van der Waals surface area contributed by atoms with Crippen molar-refractivity contribution in [3.63, 3.8) is 0 Å². The molecule has 0 atom stereocenters. The summed E-state index contributed by atoms with van der Waals surface area (Å²) in [7, 11) is 0. The first-order valence-electron chi connectivity index (χ1n) is 9.74. The number of para-hydroxylation sites is 1. The van der Waals surface area contributed by atoms with Crippen molar-refractivity contribution in [1.29, 1.82) is 0 Å². The van der Waals surface area contributed by atoms with Gasteiger partial charge in [-0.3, -0.25) is 19.1 Å². The summed E-state index contributed by atoms with van der Waals surface area (Å²) in [5, 5.41) is 4.75. The summed E-state index contributed by atoms with van der Waals surface area (Å²) >= 11 is 0. The fraction of sp³-hybridized carbons (Fsp3) is 0.400. The van der Waals surface area contributed by atoms with E-state index in [-0.39, 0.29) is 23.8 Å². The lowest BCUT2D eigenvalue weighted by molar-refractivity contribution is -0.118. The molecular weight excluding hydrogens is 374 g/mol. The predicted octanol–water partition coefficient (Wildman–Crippen LogP) is 2.05. The molecule has 0 saturated carbocycles. The lowest BCUT2D eigenvalue weighted by Crippen LogP contribution is -2.42. The molecule has 3 aromatic rings. The van der Waals surface area contributed by atoms with Crippen LogP contribution in [-0.2, 0) is 17.8 Å². The summed E-state index contributed by atoms with van der Waals surface area (Å²) in [6.45, 7) is 4.53. The molecule has 154 valence electrons. The first-order valence-corrected chi connectivity index (χ1v) is 9.74. The molecule has 0 bridgehead atoms. The second kappa shape index (κ2) is 8.76. The van der Waals surface area contributed by atoms with E-state index in [1.165, 1.54) is 9.47 Å². The smallest absolute Gasteiger partial charge is 0.330 e. The number of H-pyrrole nitrogens is 1. The molecule has 0 saturated heterocycles. The number of nitrogen functional groups attached to an aromatic ring is 1. The van der Waals surface area contributed by atoms with Gasteiger partial charge in [-0.2, -0.15) is 0 Å². The summed E-state index contributed by atoms with van der Waals surface area (Å²) in [6.07, 6.45) is 2.11. The van der Waals surface area contributed by atoms with Crippen LogP contribution in [0.25, 0.3) is 11.0 Å². The van der Waals surface area contributed by atoms with Crippen molar-refractivity contribution in [3.8, 4) is 0 Å². The number of fused-ring (bicyclic) bond motifs is 1. The van der Waals surface area contributed by atoms with Crippen LogP contribution in [0.3, 0.4) is 0 Å². The van der Waals surface area contributed by atoms with Gasteiger partial charge in [-0.1, -0.05) is 37.6 Å². The van der Waals surface area contributed by atoms with E-state index in [9.17, 15) is 14.4 Å². The fourth-order valence-electron chi connectivity index (χ4n) is 3.27. The van der Waals surface area contributed by atoms with Crippen molar-refractivity contribution < 1.29 is 9.32 Å². The zero-order valence-electron chi connectivity index (χ0n) is 16.6. The van der Waals surface area contributed by atoms with Crippen molar-refractivity contribution in [3.05, 3.63) is 50.8 Å². The van der Waals surface area contributed by atoms with E-state index in [1.807, 2.05) is 32.0 Å². The number of nitrogens with two attached hydrogens (primary N) is 1. The number of rotatable bonds is 8. The summed E-state index contributed by atoms with van der Waals surface area (Å²) < 4.78 is 6.56. The molecule has 1 amide bonds. The number of aromatic amines is 1. The maximum absolute atomic E-state index is 13.2. The van der Waals surface area contributed by atoms with Gasteiger partial charge in [0, 0.05) is 18.5 Å². The molecule has 0 spiro atoms. The number of carbonyl (C=O) groups is 1. The number of amides is 1. The number of unbranched alkanes of at least 4 members (excludes halogenated alkanes) is 1. The van der Waals surface area contributed by atoms with Crippen LogP contribution in [0.2, 0.25) is 0 Å². The summed E-state index contributed by atoms with van der Waals surface area (Å²) in [6, 6.07) is 7.26. The Hall–Kier alpha value is -3.36. The van der Waals surface area contributed by atoms with Crippen LogP contribution < -0.4 is 21.9 Å². The van der Waals surface area contributed by atoms with Crippen molar-refractivity contribution in [2.75, 3.05) is 17.2 Å². The highest BCUT2D eigenvalue weighted by Crippen LogP contribution is 2.22. The lowest BCUT2D eigenvalue weighted by Gasteiger charge is -2.24. The van der Waals surface area contributed by atoms with E-state index < -0.39 is 11.2 Å². The van der Waals surface area contributed by atoms with Gasteiger partial charge < -0.3 is 15.2 Å². The highest BCUT2D eigenvalue weighted by Gasteiger charge is 2.25. The quantitative estimate of drug-likeness (QED) is 0.597. The number of benzene rings is 1. The average Bonchev–Trinajstić information content (AvgIpc) is 3.10. The third-order valence-electron chi connectivity index (χ3n) is 4.74. The standard InChI is InChI=1S/C20H25N5O4/c1-3-5-11-24(17-18(21)25(10-4-2)20(28)22-19(17)27)16(26)12-14-13-8-6-7-9-15(13)29-23-14/h6-9H,3-5,10-12,21H2,1-2H3,(H,22,27,28). The predicted molar refractivity (Wildman–Crippen MR) is 111 cm³/mol. The molecule has 1 aromatic carbocycles. The van der Waals surface area contributed by atoms with Crippen LogP contribution in [0.1, 0.15) is 38.8 Å². The Balaban J connectivity index is 2.02. The Morgan fingerprint density at radius 3 is 2.72 bits per heavy atom.